The molecule has 0 aliphatic heterocycles. The van der Waals surface area contributed by atoms with Gasteiger partial charge in [0.25, 0.3) is 5.91 Å². The van der Waals surface area contributed by atoms with Gasteiger partial charge in [-0.3, -0.25) is 10.1 Å². The summed E-state index contributed by atoms with van der Waals surface area (Å²) >= 11 is 8.49. The minimum absolute atomic E-state index is 0.164. The summed E-state index contributed by atoms with van der Waals surface area (Å²) < 4.78 is 6.56. The van der Waals surface area contributed by atoms with E-state index in [4.69, 9.17) is 17.0 Å². The molecule has 0 unspecified atom stereocenters. The standard InChI is InChI=1S/C16H23BrN2O2S/c1-10(2)7-8-21-14-6-5-12(17)9-13(14)15(20)19-16(22)18-11(3)4/h5-6,9-11H,7-8H2,1-4H3,(H2,18,19,20,22). The van der Waals surface area contributed by atoms with Crippen molar-refractivity contribution in [2.24, 2.45) is 5.92 Å². The molecule has 0 atom stereocenters. The quantitative estimate of drug-likeness (QED) is 0.728. The van der Waals surface area contributed by atoms with Crippen LogP contribution in [-0.2, 0) is 0 Å². The number of thiocarbonyl (C=S) groups is 1. The molecule has 1 aromatic carbocycles. The molecule has 1 aromatic rings. The van der Waals surface area contributed by atoms with Crippen LogP contribution in [0.25, 0.3) is 0 Å². The fourth-order valence-corrected chi connectivity index (χ4v) is 2.37. The van der Waals surface area contributed by atoms with Gasteiger partial charge >= 0.3 is 0 Å². The van der Waals surface area contributed by atoms with Gasteiger partial charge in [0.2, 0.25) is 0 Å². The van der Waals surface area contributed by atoms with E-state index in [1.165, 1.54) is 0 Å². The molecular weight excluding hydrogens is 364 g/mol. The van der Waals surface area contributed by atoms with Crippen LogP contribution in [0.15, 0.2) is 22.7 Å². The van der Waals surface area contributed by atoms with Gasteiger partial charge in [0, 0.05) is 10.5 Å². The molecule has 4 nitrogen and oxygen atoms in total. The number of hydrogen-bond donors (Lipinski definition) is 2. The fourth-order valence-electron chi connectivity index (χ4n) is 1.68. The highest BCUT2D eigenvalue weighted by Gasteiger charge is 2.15. The van der Waals surface area contributed by atoms with Crippen molar-refractivity contribution in [3.8, 4) is 5.75 Å². The zero-order valence-corrected chi connectivity index (χ0v) is 15.8. The molecule has 0 spiro atoms. The highest BCUT2D eigenvalue weighted by atomic mass is 79.9. The maximum atomic E-state index is 12.4. The molecule has 0 aliphatic rings. The van der Waals surface area contributed by atoms with Gasteiger partial charge in [-0.15, -0.1) is 0 Å². The Balaban J connectivity index is 2.80. The topological polar surface area (TPSA) is 50.4 Å². The molecule has 1 rings (SSSR count). The van der Waals surface area contributed by atoms with Gasteiger partial charge in [0.15, 0.2) is 5.11 Å². The summed E-state index contributed by atoms with van der Waals surface area (Å²) in [5.74, 6) is 0.836. The van der Waals surface area contributed by atoms with Gasteiger partial charge in [-0.1, -0.05) is 29.8 Å². The minimum atomic E-state index is -0.279. The van der Waals surface area contributed by atoms with Gasteiger partial charge in [0.1, 0.15) is 5.75 Å². The van der Waals surface area contributed by atoms with Crippen molar-refractivity contribution in [1.29, 1.82) is 0 Å². The normalized spacial score (nSPS) is 10.7. The SMILES string of the molecule is CC(C)CCOc1ccc(Br)cc1C(=O)NC(=S)NC(C)C. The first kappa shape index (κ1) is 18.9. The van der Waals surface area contributed by atoms with E-state index in [-0.39, 0.29) is 11.9 Å². The zero-order chi connectivity index (χ0) is 16.7. The van der Waals surface area contributed by atoms with Crippen molar-refractivity contribution >= 4 is 39.2 Å². The number of amides is 1. The summed E-state index contributed by atoms with van der Waals surface area (Å²) in [5.41, 5.74) is 0.464. The molecule has 22 heavy (non-hydrogen) atoms. The Morgan fingerprint density at radius 1 is 1.32 bits per heavy atom. The van der Waals surface area contributed by atoms with Crippen LogP contribution >= 0.6 is 28.1 Å². The molecular formula is C16H23BrN2O2S. The lowest BCUT2D eigenvalue weighted by Gasteiger charge is -2.15. The molecule has 0 aliphatic carbocycles. The van der Waals surface area contributed by atoms with Gasteiger partial charge in [-0.05, 0) is 56.6 Å². The summed E-state index contributed by atoms with van der Waals surface area (Å²) in [4.78, 5) is 12.4. The smallest absolute Gasteiger partial charge is 0.261 e. The molecule has 122 valence electrons. The highest BCUT2D eigenvalue weighted by molar-refractivity contribution is 9.10. The summed E-state index contributed by atoms with van der Waals surface area (Å²) in [6, 6.07) is 5.54. The average molecular weight is 387 g/mol. The number of rotatable bonds is 6. The number of ether oxygens (including phenoxy) is 1. The summed E-state index contributed by atoms with van der Waals surface area (Å²) in [6.45, 7) is 8.76. The Morgan fingerprint density at radius 2 is 2.00 bits per heavy atom. The number of carbonyl (C=O) groups excluding carboxylic acids is 1. The van der Waals surface area contributed by atoms with E-state index in [1.807, 2.05) is 19.9 Å². The Labute approximate surface area is 146 Å². The largest absolute Gasteiger partial charge is 0.493 e. The molecule has 0 radical (unpaired) electrons. The number of nitrogens with one attached hydrogen (secondary N) is 2. The first-order chi connectivity index (χ1) is 10.3. The Bertz CT molecular complexity index is 533. The average Bonchev–Trinajstić information content (AvgIpc) is 2.38. The summed E-state index contributed by atoms with van der Waals surface area (Å²) in [6.07, 6.45) is 0.935. The van der Waals surface area contributed by atoms with E-state index in [1.54, 1.807) is 12.1 Å². The molecule has 0 aromatic heterocycles. The third kappa shape index (κ3) is 6.75. The molecule has 0 saturated heterocycles. The van der Waals surface area contributed by atoms with E-state index in [2.05, 4.69) is 40.4 Å². The van der Waals surface area contributed by atoms with Crippen LogP contribution in [0.2, 0.25) is 0 Å². The first-order valence-corrected chi connectivity index (χ1v) is 8.54. The van der Waals surface area contributed by atoms with E-state index in [9.17, 15) is 4.79 Å². The number of benzene rings is 1. The predicted octanol–water partition coefficient (Wildman–Crippen LogP) is 3.89. The van der Waals surface area contributed by atoms with Gasteiger partial charge < -0.3 is 10.1 Å². The number of hydrogen-bond acceptors (Lipinski definition) is 3. The second kappa shape index (κ2) is 9.10. The Kier molecular flexibility index (Phi) is 7.82. The number of carbonyl (C=O) groups is 1. The van der Waals surface area contributed by atoms with Gasteiger partial charge in [-0.2, -0.15) is 0 Å². The molecule has 2 N–H and O–H groups in total. The van der Waals surface area contributed by atoms with Crippen molar-refractivity contribution in [2.45, 2.75) is 40.2 Å². The van der Waals surface area contributed by atoms with Crippen LogP contribution in [0.1, 0.15) is 44.5 Å². The van der Waals surface area contributed by atoms with Crippen molar-refractivity contribution in [3.63, 3.8) is 0 Å². The van der Waals surface area contributed by atoms with Crippen molar-refractivity contribution in [2.75, 3.05) is 6.61 Å². The summed E-state index contributed by atoms with van der Waals surface area (Å²) in [7, 11) is 0. The molecule has 0 heterocycles. The molecule has 0 bridgehead atoms. The maximum Gasteiger partial charge on any atom is 0.261 e. The first-order valence-electron chi connectivity index (χ1n) is 7.33. The third-order valence-electron chi connectivity index (χ3n) is 2.79. The van der Waals surface area contributed by atoms with Crippen molar-refractivity contribution < 1.29 is 9.53 Å². The Morgan fingerprint density at radius 3 is 2.59 bits per heavy atom. The van der Waals surface area contributed by atoms with E-state index in [0.717, 1.165) is 10.9 Å². The lowest BCUT2D eigenvalue weighted by molar-refractivity contribution is 0.0972. The van der Waals surface area contributed by atoms with Crippen LogP contribution in [0.3, 0.4) is 0 Å². The molecule has 0 fully saturated rings. The van der Waals surface area contributed by atoms with Crippen LogP contribution in [0.4, 0.5) is 0 Å². The van der Waals surface area contributed by atoms with Gasteiger partial charge in [0.05, 0.1) is 12.2 Å². The van der Waals surface area contributed by atoms with Crippen LogP contribution < -0.4 is 15.4 Å². The van der Waals surface area contributed by atoms with Crippen LogP contribution in [0.5, 0.6) is 5.75 Å². The maximum absolute atomic E-state index is 12.4. The van der Waals surface area contributed by atoms with Gasteiger partial charge in [-0.25, -0.2) is 0 Å². The van der Waals surface area contributed by atoms with Crippen LogP contribution in [0, 0.1) is 5.92 Å². The third-order valence-corrected chi connectivity index (χ3v) is 3.50. The molecule has 1 amide bonds. The van der Waals surface area contributed by atoms with E-state index in [0.29, 0.717) is 29.0 Å². The van der Waals surface area contributed by atoms with E-state index >= 15 is 0 Å². The van der Waals surface area contributed by atoms with E-state index < -0.39 is 0 Å². The summed E-state index contributed by atoms with van der Waals surface area (Å²) in [5, 5.41) is 5.97. The van der Waals surface area contributed by atoms with Crippen molar-refractivity contribution in [1.82, 2.24) is 10.6 Å². The highest BCUT2D eigenvalue weighted by Crippen LogP contribution is 2.23. The Hall–Kier alpha value is -1.14. The second-order valence-electron chi connectivity index (χ2n) is 5.75. The monoisotopic (exact) mass is 386 g/mol. The lowest BCUT2D eigenvalue weighted by Crippen LogP contribution is -2.42. The fraction of sp³-hybridized carbons (Fsp3) is 0.500. The molecule has 6 heteroatoms. The predicted molar refractivity (Wildman–Crippen MR) is 97.4 cm³/mol. The lowest BCUT2D eigenvalue weighted by atomic mass is 10.1. The van der Waals surface area contributed by atoms with Crippen molar-refractivity contribution in [3.05, 3.63) is 28.2 Å². The zero-order valence-electron chi connectivity index (χ0n) is 13.4. The number of halogens is 1. The second-order valence-corrected chi connectivity index (χ2v) is 7.08. The minimum Gasteiger partial charge on any atom is -0.493 e. The molecule has 0 saturated carbocycles. The van der Waals surface area contributed by atoms with Crippen LogP contribution in [-0.4, -0.2) is 23.7 Å².